The summed E-state index contributed by atoms with van der Waals surface area (Å²) in [5.41, 5.74) is 18.1. The van der Waals surface area contributed by atoms with E-state index >= 15 is 0 Å². The SMILES string of the molecule is CONCc1ccc2c(c1)CCc1cc(CNOC)ccc1C2(CCN)c1nn(C)c(=O)[nH]1. The Bertz CT molecular complexity index is 1110. The molecule has 0 saturated carbocycles. The second-order valence-electron chi connectivity index (χ2n) is 8.38. The molecule has 2 aromatic carbocycles. The average molecular weight is 453 g/mol. The number of hydrogen-bond acceptors (Lipinski definition) is 7. The molecule has 0 atom stereocenters. The van der Waals surface area contributed by atoms with Crippen LogP contribution in [0.25, 0.3) is 0 Å². The predicted molar refractivity (Wildman–Crippen MR) is 125 cm³/mol. The Hall–Kier alpha value is -2.82. The van der Waals surface area contributed by atoms with Crippen LogP contribution < -0.4 is 22.4 Å². The standard InChI is InChI=1S/C24H32N6O3/c1-30-23(31)28-22(29-30)24(10-11-25)20-8-4-16(14-26-32-2)12-18(20)6-7-19-13-17(15-27-33-3)5-9-21(19)24/h4-5,8-9,12-13,26-27H,6-7,10-11,14-15,25H2,1-3H3,(H,28,29,31). The zero-order valence-electron chi connectivity index (χ0n) is 19.4. The third-order valence-electron chi connectivity index (χ3n) is 6.46. The van der Waals surface area contributed by atoms with Crippen LogP contribution in [-0.2, 0) is 48.1 Å². The van der Waals surface area contributed by atoms with Gasteiger partial charge < -0.3 is 15.4 Å². The number of aromatic nitrogens is 3. The number of benzene rings is 2. The van der Waals surface area contributed by atoms with E-state index in [1.807, 2.05) is 0 Å². The van der Waals surface area contributed by atoms with Crippen LogP contribution in [0.5, 0.6) is 0 Å². The molecule has 0 saturated heterocycles. The predicted octanol–water partition coefficient (Wildman–Crippen LogP) is 1.19. The van der Waals surface area contributed by atoms with Crippen LogP contribution in [0.15, 0.2) is 41.2 Å². The maximum atomic E-state index is 12.5. The average Bonchev–Trinajstić information content (AvgIpc) is 3.10. The summed E-state index contributed by atoms with van der Waals surface area (Å²) < 4.78 is 1.35. The number of hydrogen-bond donors (Lipinski definition) is 4. The maximum Gasteiger partial charge on any atom is 0.343 e. The van der Waals surface area contributed by atoms with E-state index in [4.69, 9.17) is 15.4 Å². The fraction of sp³-hybridized carbons (Fsp3) is 0.417. The smallest absolute Gasteiger partial charge is 0.330 e. The van der Waals surface area contributed by atoms with Crippen LogP contribution in [0, 0.1) is 0 Å². The lowest BCUT2D eigenvalue weighted by atomic mass is 9.69. The number of nitrogens with two attached hydrogens (primary N) is 1. The largest absolute Gasteiger partial charge is 0.343 e. The number of rotatable bonds is 9. The van der Waals surface area contributed by atoms with Crippen molar-refractivity contribution < 1.29 is 9.68 Å². The number of fused-ring (bicyclic) bond motifs is 2. The first kappa shape index (κ1) is 23.3. The van der Waals surface area contributed by atoms with Crippen molar-refractivity contribution in [3.63, 3.8) is 0 Å². The van der Waals surface area contributed by atoms with E-state index in [0.717, 1.165) is 35.1 Å². The number of aryl methyl sites for hydroxylation is 3. The van der Waals surface area contributed by atoms with Crippen LogP contribution in [0.4, 0.5) is 0 Å². The molecule has 4 rings (SSSR count). The van der Waals surface area contributed by atoms with Gasteiger partial charge in [-0.25, -0.2) is 9.48 Å². The van der Waals surface area contributed by atoms with E-state index in [1.54, 1.807) is 21.3 Å². The molecule has 0 bridgehead atoms. The maximum absolute atomic E-state index is 12.5. The quantitative estimate of drug-likeness (QED) is 0.360. The first-order chi connectivity index (χ1) is 16.0. The van der Waals surface area contributed by atoms with Crippen molar-refractivity contribution in [2.24, 2.45) is 12.8 Å². The molecule has 5 N–H and O–H groups in total. The minimum atomic E-state index is -0.656. The lowest BCUT2D eigenvalue weighted by Crippen LogP contribution is -2.35. The van der Waals surface area contributed by atoms with Gasteiger partial charge in [0.25, 0.3) is 0 Å². The highest BCUT2D eigenvalue weighted by Crippen LogP contribution is 2.45. The summed E-state index contributed by atoms with van der Waals surface area (Å²) in [4.78, 5) is 25.6. The molecular formula is C24H32N6O3. The van der Waals surface area contributed by atoms with E-state index in [9.17, 15) is 4.79 Å². The Morgan fingerprint density at radius 3 is 2.00 bits per heavy atom. The molecule has 0 unspecified atom stereocenters. The summed E-state index contributed by atoms with van der Waals surface area (Å²) >= 11 is 0. The highest BCUT2D eigenvalue weighted by atomic mass is 16.6. The summed E-state index contributed by atoms with van der Waals surface area (Å²) in [7, 11) is 4.88. The zero-order valence-corrected chi connectivity index (χ0v) is 19.4. The molecule has 33 heavy (non-hydrogen) atoms. The van der Waals surface area contributed by atoms with Gasteiger partial charge in [0.05, 0.1) is 19.6 Å². The van der Waals surface area contributed by atoms with Gasteiger partial charge in [0.2, 0.25) is 0 Å². The van der Waals surface area contributed by atoms with Gasteiger partial charge in [-0.1, -0.05) is 36.4 Å². The Labute approximate surface area is 193 Å². The molecular weight excluding hydrogens is 420 g/mol. The third kappa shape index (κ3) is 4.38. The molecule has 0 radical (unpaired) electrons. The molecule has 1 aromatic heterocycles. The van der Waals surface area contributed by atoms with E-state index in [1.165, 1.54) is 15.8 Å². The lowest BCUT2D eigenvalue weighted by molar-refractivity contribution is 0.0866. The number of aromatic amines is 1. The highest BCUT2D eigenvalue weighted by molar-refractivity contribution is 5.56. The van der Waals surface area contributed by atoms with E-state index in [-0.39, 0.29) is 5.69 Å². The molecule has 0 spiro atoms. The van der Waals surface area contributed by atoms with Gasteiger partial charge in [-0.3, -0.25) is 4.98 Å². The Balaban J connectivity index is 1.95. The minimum Gasteiger partial charge on any atom is -0.330 e. The summed E-state index contributed by atoms with van der Waals surface area (Å²) in [6.45, 7) is 1.65. The van der Waals surface area contributed by atoms with Gasteiger partial charge in [0.1, 0.15) is 5.82 Å². The van der Waals surface area contributed by atoms with Gasteiger partial charge in [0.15, 0.2) is 0 Å². The van der Waals surface area contributed by atoms with Crippen molar-refractivity contribution in [1.82, 2.24) is 25.7 Å². The molecule has 9 nitrogen and oxygen atoms in total. The van der Waals surface area contributed by atoms with Crippen molar-refractivity contribution in [3.05, 3.63) is 86.1 Å². The molecule has 1 heterocycles. The molecule has 3 aromatic rings. The van der Waals surface area contributed by atoms with Gasteiger partial charge in [-0.15, -0.1) is 0 Å². The molecule has 1 aliphatic rings. The molecule has 0 fully saturated rings. The second-order valence-corrected chi connectivity index (χ2v) is 8.38. The summed E-state index contributed by atoms with van der Waals surface area (Å²) in [6, 6.07) is 12.9. The zero-order chi connectivity index (χ0) is 23.4. The highest BCUT2D eigenvalue weighted by Gasteiger charge is 2.43. The lowest BCUT2D eigenvalue weighted by Gasteiger charge is -2.34. The van der Waals surface area contributed by atoms with Gasteiger partial charge in [-0.2, -0.15) is 16.1 Å². The molecule has 0 amide bonds. The molecule has 0 aliphatic heterocycles. The number of H-pyrrole nitrogens is 1. The van der Waals surface area contributed by atoms with Crippen molar-refractivity contribution in [3.8, 4) is 0 Å². The van der Waals surface area contributed by atoms with Crippen molar-refractivity contribution in [2.45, 2.75) is 37.8 Å². The fourth-order valence-corrected chi connectivity index (χ4v) is 4.94. The Kier molecular flexibility index (Phi) is 7.06. The van der Waals surface area contributed by atoms with Crippen LogP contribution in [0.2, 0.25) is 0 Å². The van der Waals surface area contributed by atoms with Gasteiger partial charge in [-0.05, 0) is 59.2 Å². The summed E-state index contributed by atoms with van der Waals surface area (Å²) in [5.74, 6) is 0.621. The van der Waals surface area contributed by atoms with E-state index in [2.05, 4.69) is 57.4 Å². The van der Waals surface area contributed by atoms with Crippen LogP contribution in [0.3, 0.4) is 0 Å². The van der Waals surface area contributed by atoms with E-state index < -0.39 is 5.41 Å². The van der Waals surface area contributed by atoms with Crippen molar-refractivity contribution in [1.29, 1.82) is 0 Å². The van der Waals surface area contributed by atoms with Crippen LogP contribution in [0.1, 0.15) is 45.6 Å². The first-order valence-corrected chi connectivity index (χ1v) is 11.1. The second kappa shape index (κ2) is 9.98. The normalized spacial score (nSPS) is 14.5. The number of nitrogens with zero attached hydrogens (tertiary/aromatic N) is 2. The third-order valence-corrected chi connectivity index (χ3v) is 6.46. The van der Waals surface area contributed by atoms with Crippen LogP contribution in [-0.4, -0.2) is 35.5 Å². The number of nitrogens with one attached hydrogen (secondary N) is 3. The van der Waals surface area contributed by atoms with Crippen molar-refractivity contribution in [2.75, 3.05) is 20.8 Å². The molecule has 176 valence electrons. The van der Waals surface area contributed by atoms with Crippen LogP contribution >= 0.6 is 0 Å². The Morgan fingerprint density at radius 1 is 1.03 bits per heavy atom. The topological polar surface area (TPSA) is 119 Å². The first-order valence-electron chi connectivity index (χ1n) is 11.1. The van der Waals surface area contributed by atoms with Gasteiger partial charge in [0, 0.05) is 20.1 Å². The number of hydroxylamine groups is 2. The minimum absolute atomic E-state index is 0.240. The summed E-state index contributed by atoms with van der Waals surface area (Å²) in [5, 5.41) is 4.64. The van der Waals surface area contributed by atoms with E-state index in [0.29, 0.717) is 31.9 Å². The molecule has 9 heteroatoms. The van der Waals surface area contributed by atoms with Gasteiger partial charge >= 0.3 is 5.69 Å². The fourth-order valence-electron chi connectivity index (χ4n) is 4.94. The van der Waals surface area contributed by atoms with Crippen molar-refractivity contribution >= 4 is 0 Å². The Morgan fingerprint density at radius 2 is 1.58 bits per heavy atom. The molecule has 1 aliphatic carbocycles. The summed E-state index contributed by atoms with van der Waals surface area (Å²) in [6.07, 6.45) is 2.35. The monoisotopic (exact) mass is 452 g/mol.